The summed E-state index contributed by atoms with van der Waals surface area (Å²) < 4.78 is 28.1. The minimum absolute atomic E-state index is 0.0151. The SMILES string of the molecule is CC1CCC(NS(=O)(=O)c2ccc(N)c3cccnc23)C1. The van der Waals surface area contributed by atoms with Crippen LogP contribution < -0.4 is 10.5 Å². The molecular formula is C15H19N3O2S. The molecule has 0 saturated heterocycles. The van der Waals surface area contributed by atoms with Gasteiger partial charge >= 0.3 is 0 Å². The molecule has 1 aromatic heterocycles. The van der Waals surface area contributed by atoms with Crippen LogP contribution >= 0.6 is 0 Å². The Morgan fingerprint density at radius 3 is 2.81 bits per heavy atom. The van der Waals surface area contributed by atoms with Gasteiger partial charge in [0.25, 0.3) is 0 Å². The van der Waals surface area contributed by atoms with Crippen LogP contribution in [-0.2, 0) is 10.0 Å². The Kier molecular flexibility index (Phi) is 3.59. The summed E-state index contributed by atoms with van der Waals surface area (Å²) in [6, 6.07) is 6.71. The highest BCUT2D eigenvalue weighted by Crippen LogP contribution is 2.29. The number of nitrogens with zero attached hydrogens (tertiary/aromatic N) is 1. The van der Waals surface area contributed by atoms with Gasteiger partial charge in [0.1, 0.15) is 4.90 Å². The standard InChI is InChI=1S/C15H19N3O2S/c1-10-4-5-11(9-10)18-21(19,20)14-7-6-13(16)12-3-2-8-17-15(12)14/h2-3,6-8,10-11,18H,4-5,9,16H2,1H3. The number of nitrogens with two attached hydrogens (primary N) is 1. The summed E-state index contributed by atoms with van der Waals surface area (Å²) in [5.41, 5.74) is 6.86. The Balaban J connectivity index is 2.01. The summed E-state index contributed by atoms with van der Waals surface area (Å²) in [6.45, 7) is 2.15. The van der Waals surface area contributed by atoms with Gasteiger partial charge in [-0.25, -0.2) is 13.1 Å². The van der Waals surface area contributed by atoms with Gasteiger partial charge in [0.05, 0.1) is 5.52 Å². The highest BCUT2D eigenvalue weighted by molar-refractivity contribution is 7.89. The van der Waals surface area contributed by atoms with E-state index in [4.69, 9.17) is 5.73 Å². The third-order valence-electron chi connectivity index (χ3n) is 4.07. The van der Waals surface area contributed by atoms with Gasteiger partial charge in [0, 0.05) is 23.3 Å². The van der Waals surface area contributed by atoms with Gasteiger partial charge in [0.15, 0.2) is 0 Å². The molecule has 2 aromatic rings. The fraction of sp³-hybridized carbons (Fsp3) is 0.400. The second-order valence-corrected chi connectivity index (χ2v) is 7.47. The maximum absolute atomic E-state index is 12.6. The Bertz CT molecular complexity index is 774. The summed E-state index contributed by atoms with van der Waals surface area (Å²) in [5, 5.41) is 0.667. The highest BCUT2D eigenvalue weighted by atomic mass is 32.2. The lowest BCUT2D eigenvalue weighted by atomic mass is 10.1. The number of pyridine rings is 1. The zero-order valence-corrected chi connectivity index (χ0v) is 12.7. The minimum Gasteiger partial charge on any atom is -0.398 e. The van der Waals surface area contributed by atoms with Crippen molar-refractivity contribution in [2.45, 2.75) is 37.1 Å². The third kappa shape index (κ3) is 2.73. The summed E-state index contributed by atoms with van der Waals surface area (Å²) in [7, 11) is -3.58. The van der Waals surface area contributed by atoms with Crippen LogP contribution in [0.2, 0.25) is 0 Å². The molecule has 0 bridgehead atoms. The van der Waals surface area contributed by atoms with Crippen molar-refractivity contribution in [1.82, 2.24) is 9.71 Å². The summed E-state index contributed by atoms with van der Waals surface area (Å²) in [5.74, 6) is 0.569. The van der Waals surface area contributed by atoms with Crippen molar-refractivity contribution >= 4 is 26.6 Å². The topological polar surface area (TPSA) is 85.1 Å². The van der Waals surface area contributed by atoms with Gasteiger partial charge in [0.2, 0.25) is 10.0 Å². The van der Waals surface area contributed by atoms with E-state index < -0.39 is 10.0 Å². The molecule has 3 N–H and O–H groups in total. The molecule has 21 heavy (non-hydrogen) atoms. The van der Waals surface area contributed by atoms with Crippen LogP contribution in [0, 0.1) is 5.92 Å². The average molecular weight is 305 g/mol. The first-order valence-corrected chi connectivity index (χ1v) is 8.61. The lowest BCUT2D eigenvalue weighted by Gasteiger charge is -2.14. The lowest BCUT2D eigenvalue weighted by molar-refractivity contribution is 0.539. The number of benzene rings is 1. The fourth-order valence-corrected chi connectivity index (χ4v) is 4.43. The first-order chi connectivity index (χ1) is 9.97. The van der Waals surface area contributed by atoms with E-state index in [-0.39, 0.29) is 10.9 Å². The molecule has 0 radical (unpaired) electrons. The van der Waals surface area contributed by atoms with Gasteiger partial charge < -0.3 is 5.73 Å². The van der Waals surface area contributed by atoms with Crippen LogP contribution in [0.15, 0.2) is 35.4 Å². The van der Waals surface area contributed by atoms with Crippen molar-refractivity contribution in [2.75, 3.05) is 5.73 Å². The number of hydrogen-bond acceptors (Lipinski definition) is 4. The lowest BCUT2D eigenvalue weighted by Crippen LogP contribution is -2.33. The smallest absolute Gasteiger partial charge is 0.242 e. The van der Waals surface area contributed by atoms with Crippen molar-refractivity contribution in [3.05, 3.63) is 30.5 Å². The van der Waals surface area contributed by atoms with Gasteiger partial charge in [-0.3, -0.25) is 4.98 Å². The average Bonchev–Trinajstić information content (AvgIpc) is 2.83. The number of nitrogen functional groups attached to an aromatic ring is 1. The fourth-order valence-electron chi connectivity index (χ4n) is 2.98. The molecule has 1 saturated carbocycles. The number of aromatic nitrogens is 1. The van der Waals surface area contributed by atoms with E-state index in [2.05, 4.69) is 16.6 Å². The number of anilines is 1. The molecule has 3 rings (SSSR count). The predicted molar refractivity (Wildman–Crippen MR) is 83.3 cm³/mol. The molecule has 0 amide bonds. The molecule has 0 spiro atoms. The maximum Gasteiger partial charge on any atom is 0.242 e. The van der Waals surface area contributed by atoms with E-state index in [1.165, 1.54) is 6.07 Å². The number of fused-ring (bicyclic) bond motifs is 1. The van der Waals surface area contributed by atoms with Gasteiger partial charge in [-0.05, 0) is 49.4 Å². The Morgan fingerprint density at radius 1 is 1.29 bits per heavy atom. The highest BCUT2D eigenvalue weighted by Gasteiger charge is 2.27. The predicted octanol–water partition coefficient (Wildman–Crippen LogP) is 2.28. The van der Waals surface area contributed by atoms with Gasteiger partial charge in [-0.1, -0.05) is 6.92 Å². The van der Waals surface area contributed by atoms with Crippen molar-refractivity contribution in [2.24, 2.45) is 5.92 Å². The summed E-state index contributed by atoms with van der Waals surface area (Å²) in [4.78, 5) is 4.40. The zero-order valence-electron chi connectivity index (χ0n) is 11.9. The normalized spacial score (nSPS) is 22.7. The molecule has 6 heteroatoms. The van der Waals surface area contributed by atoms with Crippen LogP contribution in [0.1, 0.15) is 26.2 Å². The van der Waals surface area contributed by atoms with Crippen molar-refractivity contribution in [1.29, 1.82) is 0 Å². The monoisotopic (exact) mass is 305 g/mol. The third-order valence-corrected chi connectivity index (χ3v) is 5.62. The van der Waals surface area contributed by atoms with E-state index in [0.29, 0.717) is 22.5 Å². The van der Waals surface area contributed by atoms with E-state index in [9.17, 15) is 8.42 Å². The van der Waals surface area contributed by atoms with E-state index in [1.54, 1.807) is 24.4 Å². The largest absolute Gasteiger partial charge is 0.398 e. The number of sulfonamides is 1. The van der Waals surface area contributed by atoms with E-state index in [1.807, 2.05) is 0 Å². The van der Waals surface area contributed by atoms with Crippen molar-refractivity contribution in [3.63, 3.8) is 0 Å². The number of nitrogens with one attached hydrogen (secondary N) is 1. The van der Waals surface area contributed by atoms with Gasteiger partial charge in [-0.15, -0.1) is 0 Å². The first-order valence-electron chi connectivity index (χ1n) is 7.13. The molecule has 1 heterocycles. The maximum atomic E-state index is 12.6. The Labute approximate surface area is 124 Å². The van der Waals surface area contributed by atoms with Crippen LogP contribution in [0.3, 0.4) is 0 Å². The molecule has 112 valence electrons. The Morgan fingerprint density at radius 2 is 2.10 bits per heavy atom. The molecule has 1 aliphatic rings. The van der Waals surface area contributed by atoms with Gasteiger partial charge in [-0.2, -0.15) is 0 Å². The van der Waals surface area contributed by atoms with Crippen LogP contribution in [0.5, 0.6) is 0 Å². The summed E-state index contributed by atoms with van der Waals surface area (Å²) >= 11 is 0. The van der Waals surface area contributed by atoms with Crippen LogP contribution in [-0.4, -0.2) is 19.4 Å². The number of rotatable bonds is 3. The molecule has 1 aromatic carbocycles. The summed E-state index contributed by atoms with van der Waals surface area (Å²) in [6.07, 6.45) is 4.42. The minimum atomic E-state index is -3.58. The molecule has 2 atom stereocenters. The number of hydrogen-bond donors (Lipinski definition) is 2. The van der Waals surface area contributed by atoms with Crippen molar-refractivity contribution in [3.8, 4) is 0 Å². The molecule has 1 fully saturated rings. The Hall–Kier alpha value is -1.66. The molecule has 0 aliphatic heterocycles. The first kappa shape index (κ1) is 14.3. The van der Waals surface area contributed by atoms with Crippen molar-refractivity contribution < 1.29 is 8.42 Å². The quantitative estimate of drug-likeness (QED) is 0.852. The van der Waals surface area contributed by atoms with E-state index >= 15 is 0 Å². The second-order valence-electron chi connectivity index (χ2n) is 5.79. The second kappa shape index (κ2) is 5.27. The molecule has 2 unspecified atom stereocenters. The van der Waals surface area contributed by atoms with Crippen LogP contribution in [0.25, 0.3) is 10.9 Å². The molecule has 5 nitrogen and oxygen atoms in total. The van der Waals surface area contributed by atoms with E-state index in [0.717, 1.165) is 19.3 Å². The zero-order chi connectivity index (χ0) is 15.0. The van der Waals surface area contributed by atoms with Crippen LogP contribution in [0.4, 0.5) is 5.69 Å². The molecular weight excluding hydrogens is 286 g/mol. The molecule has 1 aliphatic carbocycles.